The van der Waals surface area contributed by atoms with Crippen LogP contribution in [0.4, 0.5) is 0 Å². The fourth-order valence-electron chi connectivity index (χ4n) is 7.17. The van der Waals surface area contributed by atoms with Crippen LogP contribution in [-0.2, 0) is 0 Å². The minimum atomic E-state index is 0.796. The van der Waals surface area contributed by atoms with Gasteiger partial charge >= 0.3 is 0 Å². The van der Waals surface area contributed by atoms with E-state index in [4.69, 9.17) is 14.4 Å². The van der Waals surface area contributed by atoms with Crippen LogP contribution in [0.1, 0.15) is 0 Å². The van der Waals surface area contributed by atoms with Crippen molar-refractivity contribution in [2.24, 2.45) is 0 Å². The molecule has 0 saturated carbocycles. The third-order valence-electron chi connectivity index (χ3n) is 9.17. The Bertz CT molecular complexity index is 2810. The van der Waals surface area contributed by atoms with Crippen LogP contribution in [0, 0.1) is 0 Å². The summed E-state index contributed by atoms with van der Waals surface area (Å²) in [5.74, 6) is 0.796. The van der Waals surface area contributed by atoms with Gasteiger partial charge in [0.2, 0.25) is 0 Å². The average molecular weight is 588 g/mol. The quantitative estimate of drug-likeness (QED) is 0.207. The molecule has 3 aromatic heterocycles. The molecule has 0 saturated heterocycles. The summed E-state index contributed by atoms with van der Waals surface area (Å²) in [5, 5.41) is 6.86. The van der Waals surface area contributed by atoms with Crippen LogP contribution >= 0.6 is 0 Å². The highest BCUT2D eigenvalue weighted by Gasteiger charge is 2.24. The number of aromatic nitrogens is 3. The highest BCUT2D eigenvalue weighted by molar-refractivity contribution is 6.23. The molecular formula is C42H25N3O. The largest absolute Gasteiger partial charge is 0.455 e. The van der Waals surface area contributed by atoms with Crippen molar-refractivity contribution < 1.29 is 4.42 Å². The molecule has 4 nitrogen and oxygen atoms in total. The lowest BCUT2D eigenvalue weighted by atomic mass is 9.93. The first-order valence-electron chi connectivity index (χ1n) is 15.5. The fraction of sp³-hybridized carbons (Fsp3) is 0. The zero-order chi connectivity index (χ0) is 30.2. The van der Waals surface area contributed by atoms with Crippen LogP contribution in [0.25, 0.3) is 93.8 Å². The van der Waals surface area contributed by atoms with E-state index in [1.54, 1.807) is 0 Å². The van der Waals surface area contributed by atoms with Crippen molar-refractivity contribution in [3.05, 3.63) is 152 Å². The van der Waals surface area contributed by atoms with Gasteiger partial charge in [0, 0.05) is 38.2 Å². The van der Waals surface area contributed by atoms with Gasteiger partial charge in [0.05, 0.1) is 22.1 Å². The minimum Gasteiger partial charge on any atom is -0.455 e. The van der Waals surface area contributed by atoms with E-state index in [1.807, 2.05) is 36.4 Å². The predicted molar refractivity (Wildman–Crippen MR) is 190 cm³/mol. The van der Waals surface area contributed by atoms with E-state index in [0.29, 0.717) is 0 Å². The number of nitrogens with zero attached hydrogens (tertiary/aromatic N) is 3. The van der Waals surface area contributed by atoms with E-state index < -0.39 is 0 Å². The van der Waals surface area contributed by atoms with Crippen LogP contribution in [0.3, 0.4) is 0 Å². The number of rotatable bonds is 3. The molecule has 0 atom stereocenters. The molecule has 0 aliphatic heterocycles. The lowest BCUT2D eigenvalue weighted by molar-refractivity contribution is 0.670. The molecule has 10 rings (SSSR count). The Kier molecular flexibility index (Phi) is 5.25. The van der Waals surface area contributed by atoms with Crippen LogP contribution < -0.4 is 0 Å². The number of furan rings is 1. The highest BCUT2D eigenvalue weighted by Crippen LogP contribution is 2.46. The third kappa shape index (κ3) is 3.55. The van der Waals surface area contributed by atoms with Gasteiger partial charge in [-0.15, -0.1) is 0 Å². The molecular weight excluding hydrogens is 562 g/mol. The molecule has 0 N–H and O–H groups in total. The van der Waals surface area contributed by atoms with E-state index in [2.05, 4.69) is 120 Å². The van der Waals surface area contributed by atoms with E-state index in [9.17, 15) is 0 Å². The number of fused-ring (bicyclic) bond motifs is 8. The first-order valence-corrected chi connectivity index (χ1v) is 15.5. The Morgan fingerprint density at radius 2 is 1.17 bits per heavy atom. The second-order valence-corrected chi connectivity index (χ2v) is 11.8. The number of benzene rings is 7. The maximum Gasteiger partial charge on any atom is 0.165 e. The molecule has 3 heterocycles. The van der Waals surface area contributed by atoms with Crippen molar-refractivity contribution in [3.8, 4) is 28.2 Å². The van der Waals surface area contributed by atoms with Gasteiger partial charge in [-0.1, -0.05) is 121 Å². The van der Waals surface area contributed by atoms with E-state index in [1.165, 1.54) is 5.39 Å². The lowest BCUT2D eigenvalue weighted by Crippen LogP contribution is -2.04. The second-order valence-electron chi connectivity index (χ2n) is 11.8. The zero-order valence-corrected chi connectivity index (χ0v) is 24.7. The lowest BCUT2D eigenvalue weighted by Gasteiger charge is -2.16. The summed E-state index contributed by atoms with van der Waals surface area (Å²) < 4.78 is 9.05. The fourth-order valence-corrected chi connectivity index (χ4v) is 7.17. The molecule has 0 fully saturated rings. The minimum absolute atomic E-state index is 0.796. The summed E-state index contributed by atoms with van der Waals surface area (Å²) in [4.78, 5) is 10.6. The van der Waals surface area contributed by atoms with Gasteiger partial charge in [-0.3, -0.25) is 4.57 Å². The van der Waals surface area contributed by atoms with Crippen molar-refractivity contribution in [2.45, 2.75) is 0 Å². The maximum atomic E-state index is 6.73. The number of hydrogen-bond acceptors (Lipinski definition) is 3. The van der Waals surface area contributed by atoms with Crippen LogP contribution in [0.2, 0.25) is 0 Å². The molecule has 46 heavy (non-hydrogen) atoms. The Morgan fingerprint density at radius 3 is 2.04 bits per heavy atom. The average Bonchev–Trinajstić information content (AvgIpc) is 3.66. The molecule has 4 heteroatoms. The molecule has 0 aliphatic carbocycles. The summed E-state index contributed by atoms with van der Waals surface area (Å²) in [7, 11) is 0. The van der Waals surface area contributed by atoms with Gasteiger partial charge in [0.25, 0.3) is 0 Å². The highest BCUT2D eigenvalue weighted by atomic mass is 16.3. The van der Waals surface area contributed by atoms with Gasteiger partial charge < -0.3 is 4.42 Å². The first-order chi connectivity index (χ1) is 22.8. The van der Waals surface area contributed by atoms with Gasteiger partial charge in [0.1, 0.15) is 16.9 Å². The van der Waals surface area contributed by atoms with E-state index in [-0.39, 0.29) is 0 Å². The molecule has 0 unspecified atom stereocenters. The normalized spacial score (nSPS) is 11.9. The van der Waals surface area contributed by atoms with Crippen molar-refractivity contribution in [2.75, 3.05) is 0 Å². The summed E-state index contributed by atoms with van der Waals surface area (Å²) in [6.07, 6.45) is 0. The Morgan fingerprint density at radius 1 is 0.500 bits per heavy atom. The smallest absolute Gasteiger partial charge is 0.165 e. The SMILES string of the molecule is c1ccc(-c2nc3ccccc3nc2-n2c3ccccc3c3cccc(-c4c5ccccc5cc5c4oc4ccccc45)c32)cc1. The summed E-state index contributed by atoms with van der Waals surface area (Å²) >= 11 is 0. The predicted octanol–water partition coefficient (Wildman–Crippen LogP) is 11.1. The molecule has 0 amide bonds. The van der Waals surface area contributed by atoms with Crippen LogP contribution in [0.15, 0.2) is 156 Å². The topological polar surface area (TPSA) is 43.9 Å². The first kappa shape index (κ1) is 25.1. The van der Waals surface area contributed by atoms with Gasteiger partial charge in [-0.25, -0.2) is 9.97 Å². The monoisotopic (exact) mass is 587 g/mol. The maximum absolute atomic E-state index is 6.73. The van der Waals surface area contributed by atoms with Gasteiger partial charge in [0.15, 0.2) is 5.82 Å². The summed E-state index contributed by atoms with van der Waals surface area (Å²) in [6.45, 7) is 0. The molecule has 0 radical (unpaired) electrons. The molecule has 214 valence electrons. The standard InChI is InChI=1S/C42H25N3O/c1-2-13-26(14-3-1)39-42(44-35-22-9-8-21-34(35)43-39)45-36-23-10-6-17-29(36)31-19-12-20-32(40(31)45)38-28-16-5-4-15-27(28)25-33-30-18-7-11-24-37(30)46-41(33)38/h1-25H. The van der Waals surface area contributed by atoms with E-state index >= 15 is 0 Å². The summed E-state index contributed by atoms with van der Waals surface area (Å²) in [5.41, 5.74) is 9.65. The van der Waals surface area contributed by atoms with E-state index in [0.717, 1.165) is 88.4 Å². The second kappa shape index (κ2) is 9.62. The summed E-state index contributed by atoms with van der Waals surface area (Å²) in [6, 6.07) is 52.9. The Hall–Kier alpha value is -6.26. The molecule has 0 spiro atoms. The van der Waals surface area contributed by atoms with Crippen LogP contribution in [0.5, 0.6) is 0 Å². The Balaban J connectivity index is 1.42. The van der Waals surface area contributed by atoms with Gasteiger partial charge in [-0.2, -0.15) is 0 Å². The molecule has 7 aromatic carbocycles. The number of para-hydroxylation sites is 5. The number of hydrogen-bond donors (Lipinski definition) is 0. The Labute approximate surface area is 263 Å². The molecule has 0 bridgehead atoms. The molecule has 0 aliphatic rings. The third-order valence-corrected chi connectivity index (χ3v) is 9.17. The van der Waals surface area contributed by atoms with Gasteiger partial charge in [-0.05, 0) is 41.1 Å². The van der Waals surface area contributed by atoms with Crippen molar-refractivity contribution in [1.82, 2.24) is 14.5 Å². The van der Waals surface area contributed by atoms with Crippen molar-refractivity contribution in [3.63, 3.8) is 0 Å². The van der Waals surface area contributed by atoms with Crippen molar-refractivity contribution in [1.29, 1.82) is 0 Å². The zero-order valence-electron chi connectivity index (χ0n) is 24.7. The van der Waals surface area contributed by atoms with Crippen LogP contribution in [-0.4, -0.2) is 14.5 Å². The van der Waals surface area contributed by atoms with Crippen molar-refractivity contribution >= 4 is 65.6 Å². The molecule has 10 aromatic rings.